The first-order valence-corrected chi connectivity index (χ1v) is 6.04. The Labute approximate surface area is 101 Å². The quantitative estimate of drug-likeness (QED) is 0.683. The molecule has 0 atom stereocenters. The summed E-state index contributed by atoms with van der Waals surface area (Å²) in [7, 11) is 0. The monoisotopic (exact) mass is 228 g/mol. The highest BCUT2D eigenvalue weighted by Crippen LogP contribution is 2.43. The second-order valence-electron chi connectivity index (χ2n) is 5.44. The molecule has 0 radical (unpaired) electrons. The van der Waals surface area contributed by atoms with E-state index in [0.29, 0.717) is 6.42 Å². The Morgan fingerprint density at radius 1 is 1.41 bits per heavy atom. The van der Waals surface area contributed by atoms with E-state index < -0.39 is 0 Å². The lowest BCUT2D eigenvalue weighted by molar-refractivity contribution is -0.114. The van der Waals surface area contributed by atoms with Crippen molar-refractivity contribution in [1.29, 1.82) is 0 Å². The summed E-state index contributed by atoms with van der Waals surface area (Å²) in [5, 5.41) is 0. The molecule has 3 rings (SSSR count). The average molecular weight is 228 g/mol. The lowest BCUT2D eigenvalue weighted by atomic mass is 9.88. The Morgan fingerprint density at radius 2 is 2.24 bits per heavy atom. The van der Waals surface area contributed by atoms with Crippen molar-refractivity contribution in [3.8, 4) is 0 Å². The van der Waals surface area contributed by atoms with E-state index in [-0.39, 0.29) is 11.2 Å². The van der Waals surface area contributed by atoms with E-state index in [1.807, 2.05) is 18.2 Å². The number of rotatable bonds is 0. The normalized spacial score (nSPS) is 21.6. The van der Waals surface area contributed by atoms with Gasteiger partial charge in [-0.3, -0.25) is 4.79 Å². The molecule has 0 unspecified atom stereocenters. The fourth-order valence-corrected chi connectivity index (χ4v) is 2.70. The molecule has 3 heteroatoms. The van der Waals surface area contributed by atoms with E-state index >= 15 is 0 Å². The van der Waals surface area contributed by atoms with Gasteiger partial charge >= 0.3 is 0 Å². The smallest absolute Gasteiger partial charge is 0.161 e. The maximum atomic E-state index is 11.9. The number of nitrogens with zero attached hydrogens (tertiary/aromatic N) is 2. The van der Waals surface area contributed by atoms with E-state index in [4.69, 9.17) is 0 Å². The topological polar surface area (TPSA) is 33.2 Å². The van der Waals surface area contributed by atoms with Crippen molar-refractivity contribution >= 4 is 11.6 Å². The Bertz CT molecular complexity index is 517. The van der Waals surface area contributed by atoms with Gasteiger partial charge in [-0.2, -0.15) is 0 Å². The third-order valence-corrected chi connectivity index (χ3v) is 3.73. The zero-order chi connectivity index (χ0) is 12.0. The molecule has 1 aromatic rings. The second kappa shape index (κ2) is 3.42. The summed E-state index contributed by atoms with van der Waals surface area (Å²) in [4.78, 5) is 18.6. The molecule has 3 heterocycles. The predicted molar refractivity (Wildman–Crippen MR) is 66.8 cm³/mol. The summed E-state index contributed by atoms with van der Waals surface area (Å²) in [6.45, 7) is 5.34. The molecule has 0 spiro atoms. The van der Waals surface area contributed by atoms with Crippen LogP contribution in [0.15, 0.2) is 30.1 Å². The highest BCUT2D eigenvalue weighted by Gasteiger charge is 2.38. The van der Waals surface area contributed by atoms with Gasteiger partial charge in [0.25, 0.3) is 0 Å². The molecule has 1 saturated heterocycles. The first-order valence-electron chi connectivity index (χ1n) is 6.04. The van der Waals surface area contributed by atoms with E-state index in [1.54, 1.807) is 6.20 Å². The maximum Gasteiger partial charge on any atom is 0.161 e. The van der Waals surface area contributed by atoms with E-state index in [2.05, 4.69) is 23.7 Å². The number of anilines is 1. The number of carbonyl (C=O) groups is 1. The molecule has 17 heavy (non-hydrogen) atoms. The molecule has 88 valence electrons. The third-order valence-electron chi connectivity index (χ3n) is 3.73. The summed E-state index contributed by atoms with van der Waals surface area (Å²) in [5.74, 6) is 1.15. The van der Waals surface area contributed by atoms with Gasteiger partial charge in [0, 0.05) is 41.9 Å². The Kier molecular flexibility index (Phi) is 2.12. The standard InChI is InChI=1S/C14H16N2O/c1-14(2)5-7-16-12(14)9-11(17)8-10-4-3-6-15-13(10)16/h3-4,6,9H,5,7-8H2,1-2H3. The van der Waals surface area contributed by atoms with Crippen LogP contribution in [0.2, 0.25) is 0 Å². The van der Waals surface area contributed by atoms with Crippen LogP contribution in [-0.2, 0) is 11.2 Å². The number of aromatic nitrogens is 1. The zero-order valence-corrected chi connectivity index (χ0v) is 10.2. The van der Waals surface area contributed by atoms with E-state index in [0.717, 1.165) is 30.0 Å². The lowest BCUT2D eigenvalue weighted by Crippen LogP contribution is -2.21. The van der Waals surface area contributed by atoms with Gasteiger partial charge < -0.3 is 4.90 Å². The van der Waals surface area contributed by atoms with Crippen molar-refractivity contribution in [2.24, 2.45) is 5.41 Å². The highest BCUT2D eigenvalue weighted by atomic mass is 16.1. The van der Waals surface area contributed by atoms with Crippen LogP contribution in [0.4, 0.5) is 5.82 Å². The Balaban J connectivity index is 2.17. The number of allylic oxidation sites excluding steroid dienone is 2. The fourth-order valence-electron chi connectivity index (χ4n) is 2.70. The summed E-state index contributed by atoms with van der Waals surface area (Å²) in [6, 6.07) is 3.90. The molecule has 1 fully saturated rings. The number of ketones is 1. The molecule has 0 saturated carbocycles. The van der Waals surface area contributed by atoms with Crippen LogP contribution in [0, 0.1) is 5.41 Å². The fraction of sp³-hybridized carbons (Fsp3) is 0.429. The predicted octanol–water partition coefficient (Wildman–Crippen LogP) is 2.33. The van der Waals surface area contributed by atoms with E-state index in [1.165, 1.54) is 0 Å². The van der Waals surface area contributed by atoms with Gasteiger partial charge in [-0.25, -0.2) is 4.98 Å². The van der Waals surface area contributed by atoms with Crippen molar-refractivity contribution in [3.05, 3.63) is 35.7 Å². The summed E-state index contributed by atoms with van der Waals surface area (Å²) in [5.41, 5.74) is 2.25. The Morgan fingerprint density at radius 3 is 3.06 bits per heavy atom. The van der Waals surface area contributed by atoms with Crippen molar-refractivity contribution in [1.82, 2.24) is 4.98 Å². The summed E-state index contributed by atoms with van der Waals surface area (Å²) in [6.07, 6.45) is 5.16. The van der Waals surface area contributed by atoms with Gasteiger partial charge in [0.1, 0.15) is 5.82 Å². The molecular weight excluding hydrogens is 212 g/mol. The molecule has 2 aliphatic rings. The molecule has 0 aliphatic carbocycles. The van der Waals surface area contributed by atoms with E-state index in [9.17, 15) is 4.79 Å². The molecule has 0 N–H and O–H groups in total. The van der Waals surface area contributed by atoms with Gasteiger partial charge in [-0.15, -0.1) is 0 Å². The molecule has 2 aliphatic heterocycles. The lowest BCUT2D eigenvalue weighted by Gasteiger charge is -2.24. The second-order valence-corrected chi connectivity index (χ2v) is 5.44. The summed E-state index contributed by atoms with van der Waals surface area (Å²) >= 11 is 0. The minimum Gasteiger partial charge on any atom is -0.329 e. The molecular formula is C14H16N2O. The van der Waals surface area contributed by atoms with Crippen LogP contribution in [0.5, 0.6) is 0 Å². The van der Waals surface area contributed by atoms with Crippen LogP contribution >= 0.6 is 0 Å². The first kappa shape index (κ1) is 10.5. The van der Waals surface area contributed by atoms with Gasteiger partial charge in [0.05, 0.1) is 0 Å². The number of pyridine rings is 1. The number of hydrogen-bond acceptors (Lipinski definition) is 3. The molecule has 0 amide bonds. The minimum absolute atomic E-state index is 0.0782. The van der Waals surface area contributed by atoms with Crippen molar-refractivity contribution in [3.63, 3.8) is 0 Å². The highest BCUT2D eigenvalue weighted by molar-refractivity contribution is 5.95. The SMILES string of the molecule is CC1(C)CCN2C1=CC(=O)Cc1cccnc12. The number of carbonyl (C=O) groups excluding carboxylic acids is 1. The van der Waals surface area contributed by atoms with Crippen LogP contribution in [-0.4, -0.2) is 17.3 Å². The van der Waals surface area contributed by atoms with Gasteiger partial charge in [-0.1, -0.05) is 19.9 Å². The van der Waals surface area contributed by atoms with Crippen LogP contribution in [0.1, 0.15) is 25.8 Å². The average Bonchev–Trinajstić information content (AvgIpc) is 2.49. The number of fused-ring (bicyclic) bond motifs is 3. The van der Waals surface area contributed by atoms with Crippen LogP contribution < -0.4 is 4.90 Å². The third kappa shape index (κ3) is 1.57. The van der Waals surface area contributed by atoms with Crippen molar-refractivity contribution < 1.29 is 4.79 Å². The van der Waals surface area contributed by atoms with Crippen LogP contribution in [0.25, 0.3) is 0 Å². The van der Waals surface area contributed by atoms with Crippen molar-refractivity contribution in [2.75, 3.05) is 11.4 Å². The maximum absolute atomic E-state index is 11.9. The largest absolute Gasteiger partial charge is 0.329 e. The molecule has 0 aromatic carbocycles. The van der Waals surface area contributed by atoms with Gasteiger partial charge in [0.2, 0.25) is 0 Å². The zero-order valence-electron chi connectivity index (χ0n) is 10.2. The molecule has 1 aromatic heterocycles. The van der Waals surface area contributed by atoms with Crippen LogP contribution in [0.3, 0.4) is 0 Å². The molecule has 3 nitrogen and oxygen atoms in total. The number of hydrogen-bond donors (Lipinski definition) is 0. The first-order chi connectivity index (χ1) is 8.08. The van der Waals surface area contributed by atoms with Gasteiger partial charge in [-0.05, 0) is 12.5 Å². The molecule has 0 bridgehead atoms. The van der Waals surface area contributed by atoms with Gasteiger partial charge in [0.15, 0.2) is 5.78 Å². The van der Waals surface area contributed by atoms with Crippen molar-refractivity contribution in [2.45, 2.75) is 26.7 Å². The Hall–Kier alpha value is -1.64. The minimum atomic E-state index is 0.0782. The summed E-state index contributed by atoms with van der Waals surface area (Å²) < 4.78 is 0.